The summed E-state index contributed by atoms with van der Waals surface area (Å²) >= 11 is 0. The Morgan fingerprint density at radius 2 is 1.87 bits per heavy atom. The van der Waals surface area contributed by atoms with E-state index in [0.717, 1.165) is 11.4 Å². The van der Waals surface area contributed by atoms with Crippen molar-refractivity contribution in [1.29, 1.82) is 5.41 Å². The lowest BCUT2D eigenvalue weighted by Crippen LogP contribution is -2.47. The molecule has 0 spiro atoms. The van der Waals surface area contributed by atoms with Crippen molar-refractivity contribution in [2.75, 3.05) is 20.8 Å². The van der Waals surface area contributed by atoms with E-state index in [2.05, 4.69) is 42.1 Å². The second-order valence-electron chi connectivity index (χ2n) is 6.04. The van der Waals surface area contributed by atoms with Crippen molar-refractivity contribution in [2.45, 2.75) is 33.7 Å². The molecule has 0 fully saturated rings. The average Bonchev–Trinajstić information content (AvgIpc) is 2.56. The Hall–Kier alpha value is -1.94. The fraction of sp³-hybridized carbons (Fsp3) is 0.474. The SMILES string of the molecule is CN=C(C)N(CNC)C(C)C(C=C(C)C)C(=N)c1ccccc1. The normalized spacial score (nSPS) is 14.1. The number of allylic oxidation sites excluding steroid dienone is 1. The molecule has 4 nitrogen and oxygen atoms in total. The first kappa shape index (κ1) is 19.1. The van der Waals surface area contributed by atoms with Crippen LogP contribution in [0.4, 0.5) is 0 Å². The minimum Gasteiger partial charge on any atom is -0.344 e. The van der Waals surface area contributed by atoms with E-state index in [1.165, 1.54) is 5.57 Å². The topological polar surface area (TPSA) is 51.5 Å². The molecule has 0 saturated carbocycles. The standard InChI is InChI=1S/C19H30N4/c1-14(2)12-18(19(20)17-10-8-7-9-11-17)15(3)23(13-21-5)16(4)22-6/h7-12,15,18,20-21H,13H2,1-6H3. The van der Waals surface area contributed by atoms with E-state index >= 15 is 0 Å². The molecule has 1 rings (SSSR count). The Balaban J connectivity index is 3.19. The van der Waals surface area contributed by atoms with Crippen molar-refractivity contribution in [3.8, 4) is 0 Å². The number of amidine groups is 1. The maximum Gasteiger partial charge on any atom is 0.0967 e. The molecule has 0 amide bonds. The molecular weight excluding hydrogens is 284 g/mol. The third-order valence-corrected chi connectivity index (χ3v) is 4.01. The van der Waals surface area contributed by atoms with E-state index in [1.54, 1.807) is 0 Å². The molecule has 0 aromatic heterocycles. The summed E-state index contributed by atoms with van der Waals surface area (Å²) in [4.78, 5) is 6.54. The summed E-state index contributed by atoms with van der Waals surface area (Å²) in [6.07, 6.45) is 2.19. The predicted octanol–water partition coefficient (Wildman–Crippen LogP) is 3.55. The molecule has 2 N–H and O–H groups in total. The molecule has 0 aliphatic carbocycles. The number of nitrogens with zero attached hydrogens (tertiary/aromatic N) is 2. The highest BCUT2D eigenvalue weighted by Gasteiger charge is 2.26. The second-order valence-corrected chi connectivity index (χ2v) is 6.04. The smallest absolute Gasteiger partial charge is 0.0967 e. The van der Waals surface area contributed by atoms with E-state index in [9.17, 15) is 0 Å². The molecule has 0 bridgehead atoms. The summed E-state index contributed by atoms with van der Waals surface area (Å²) in [5, 5.41) is 11.9. The largest absolute Gasteiger partial charge is 0.344 e. The number of hydrogen-bond donors (Lipinski definition) is 2. The summed E-state index contributed by atoms with van der Waals surface area (Å²) in [7, 11) is 3.74. The highest BCUT2D eigenvalue weighted by molar-refractivity contribution is 6.01. The maximum absolute atomic E-state index is 8.70. The third kappa shape index (κ3) is 5.32. The lowest BCUT2D eigenvalue weighted by Gasteiger charge is -2.35. The molecule has 0 radical (unpaired) electrons. The Kier molecular flexibility index (Phi) is 7.69. The van der Waals surface area contributed by atoms with E-state index in [1.807, 2.05) is 51.4 Å². The van der Waals surface area contributed by atoms with Gasteiger partial charge in [-0.3, -0.25) is 4.99 Å². The predicted molar refractivity (Wildman–Crippen MR) is 100 cm³/mol. The van der Waals surface area contributed by atoms with Gasteiger partial charge >= 0.3 is 0 Å². The number of hydrogen-bond acceptors (Lipinski definition) is 3. The van der Waals surface area contributed by atoms with Gasteiger partial charge in [-0.1, -0.05) is 42.0 Å². The molecule has 0 aliphatic heterocycles. The molecule has 2 atom stereocenters. The minimum absolute atomic E-state index is 0.00690. The summed E-state index contributed by atoms with van der Waals surface area (Å²) in [5.74, 6) is 0.979. The van der Waals surface area contributed by atoms with Crippen molar-refractivity contribution in [3.63, 3.8) is 0 Å². The van der Waals surface area contributed by atoms with Crippen LogP contribution in [0, 0.1) is 11.3 Å². The first-order chi connectivity index (χ1) is 10.9. The van der Waals surface area contributed by atoms with Crippen LogP contribution in [0.1, 0.15) is 33.3 Å². The summed E-state index contributed by atoms with van der Waals surface area (Å²) < 4.78 is 0. The Bertz CT molecular complexity index is 556. The van der Waals surface area contributed by atoms with Gasteiger partial charge in [0.15, 0.2) is 0 Å². The van der Waals surface area contributed by atoms with Crippen LogP contribution in [-0.4, -0.2) is 43.3 Å². The van der Waals surface area contributed by atoms with Crippen LogP contribution < -0.4 is 5.32 Å². The summed E-state index contributed by atoms with van der Waals surface area (Å²) in [5.41, 5.74) is 2.83. The maximum atomic E-state index is 8.70. The van der Waals surface area contributed by atoms with Crippen molar-refractivity contribution in [3.05, 3.63) is 47.5 Å². The van der Waals surface area contributed by atoms with E-state index in [4.69, 9.17) is 5.41 Å². The summed E-state index contributed by atoms with van der Waals surface area (Å²) in [6.45, 7) is 9.05. The Labute approximate surface area is 140 Å². The van der Waals surface area contributed by atoms with E-state index < -0.39 is 0 Å². The zero-order valence-corrected chi connectivity index (χ0v) is 15.2. The van der Waals surface area contributed by atoms with Gasteiger partial charge in [-0.05, 0) is 40.3 Å². The van der Waals surface area contributed by atoms with Crippen molar-refractivity contribution in [1.82, 2.24) is 10.2 Å². The van der Waals surface area contributed by atoms with Crippen LogP contribution in [0.2, 0.25) is 0 Å². The minimum atomic E-state index is 0.00690. The number of nitrogens with one attached hydrogen (secondary N) is 2. The molecule has 23 heavy (non-hydrogen) atoms. The average molecular weight is 314 g/mol. The molecule has 0 aliphatic rings. The van der Waals surface area contributed by atoms with Gasteiger partial charge in [0.1, 0.15) is 0 Å². The highest BCUT2D eigenvalue weighted by atomic mass is 15.3. The highest BCUT2D eigenvalue weighted by Crippen LogP contribution is 2.20. The van der Waals surface area contributed by atoms with Crippen LogP contribution in [0.25, 0.3) is 0 Å². The van der Waals surface area contributed by atoms with Crippen LogP contribution in [-0.2, 0) is 0 Å². The molecule has 2 unspecified atom stereocenters. The molecule has 4 heteroatoms. The molecule has 0 saturated heterocycles. The fourth-order valence-electron chi connectivity index (χ4n) is 2.68. The van der Waals surface area contributed by atoms with Crippen LogP contribution >= 0.6 is 0 Å². The van der Waals surface area contributed by atoms with Gasteiger partial charge in [-0.15, -0.1) is 0 Å². The van der Waals surface area contributed by atoms with Gasteiger partial charge in [0.2, 0.25) is 0 Å². The first-order valence-electron chi connectivity index (χ1n) is 8.05. The number of aliphatic imine (C=N–C) groups is 1. The molecule has 126 valence electrons. The van der Waals surface area contributed by atoms with Gasteiger partial charge < -0.3 is 15.6 Å². The third-order valence-electron chi connectivity index (χ3n) is 4.01. The van der Waals surface area contributed by atoms with E-state index in [-0.39, 0.29) is 12.0 Å². The quantitative estimate of drug-likeness (QED) is 0.350. The summed E-state index contributed by atoms with van der Waals surface area (Å²) in [6, 6.07) is 10.1. The fourth-order valence-corrected chi connectivity index (χ4v) is 2.68. The zero-order chi connectivity index (χ0) is 17.4. The Morgan fingerprint density at radius 1 is 1.26 bits per heavy atom. The lowest BCUT2D eigenvalue weighted by atomic mass is 9.88. The van der Waals surface area contributed by atoms with Crippen molar-refractivity contribution >= 4 is 11.5 Å². The monoisotopic (exact) mass is 314 g/mol. The Morgan fingerprint density at radius 3 is 2.35 bits per heavy atom. The number of benzene rings is 1. The van der Waals surface area contributed by atoms with Crippen LogP contribution in [0.3, 0.4) is 0 Å². The molecular formula is C19H30N4. The molecule has 0 heterocycles. The van der Waals surface area contributed by atoms with Gasteiger partial charge in [0.05, 0.1) is 12.5 Å². The lowest BCUT2D eigenvalue weighted by molar-refractivity contribution is 0.290. The van der Waals surface area contributed by atoms with Gasteiger partial charge in [0.25, 0.3) is 0 Å². The zero-order valence-electron chi connectivity index (χ0n) is 15.2. The van der Waals surface area contributed by atoms with Crippen LogP contribution in [0.15, 0.2) is 47.0 Å². The molecule has 1 aromatic carbocycles. The van der Waals surface area contributed by atoms with Crippen molar-refractivity contribution < 1.29 is 0 Å². The van der Waals surface area contributed by atoms with Gasteiger partial charge in [-0.25, -0.2) is 0 Å². The second kappa shape index (κ2) is 9.26. The van der Waals surface area contributed by atoms with Crippen LogP contribution in [0.5, 0.6) is 0 Å². The molecule has 1 aromatic rings. The first-order valence-corrected chi connectivity index (χ1v) is 8.05. The van der Waals surface area contributed by atoms with E-state index in [0.29, 0.717) is 12.4 Å². The van der Waals surface area contributed by atoms with Gasteiger partial charge in [0, 0.05) is 24.7 Å². The number of rotatable bonds is 7. The van der Waals surface area contributed by atoms with Gasteiger partial charge in [-0.2, -0.15) is 0 Å². The van der Waals surface area contributed by atoms with Crippen molar-refractivity contribution in [2.24, 2.45) is 10.9 Å².